The average Bonchev–Trinajstić information content (AvgIpc) is 2.51. The molecule has 0 unspecified atom stereocenters. The van der Waals surface area contributed by atoms with Crippen molar-refractivity contribution in [2.45, 2.75) is 31.0 Å². The van der Waals surface area contributed by atoms with E-state index in [2.05, 4.69) is 27.4 Å². The van der Waals surface area contributed by atoms with Crippen LogP contribution >= 0.6 is 11.8 Å². The number of nitrogens with one attached hydrogen (secondary N) is 2. The summed E-state index contributed by atoms with van der Waals surface area (Å²) < 4.78 is 0. The molecule has 0 spiro atoms. The first-order valence-corrected chi connectivity index (χ1v) is 8.34. The number of carbonyl (C=O) groups excluding carboxylic acids is 1. The lowest BCUT2D eigenvalue weighted by Crippen LogP contribution is -2.34. The van der Waals surface area contributed by atoms with E-state index in [4.69, 9.17) is 5.73 Å². The molecule has 0 aliphatic carbocycles. The zero-order valence-electron chi connectivity index (χ0n) is 12.9. The van der Waals surface area contributed by atoms with Gasteiger partial charge in [0.25, 0.3) is 5.56 Å². The number of aryl methyl sites for hydroxylation is 1. The van der Waals surface area contributed by atoms with Gasteiger partial charge >= 0.3 is 0 Å². The lowest BCUT2D eigenvalue weighted by Gasteiger charge is -2.13. The highest BCUT2D eigenvalue weighted by molar-refractivity contribution is 7.99. The van der Waals surface area contributed by atoms with Crippen molar-refractivity contribution in [1.82, 2.24) is 15.3 Å². The first-order valence-electron chi connectivity index (χ1n) is 7.36. The molecule has 0 saturated heterocycles. The molecule has 0 saturated carbocycles. The zero-order valence-corrected chi connectivity index (χ0v) is 13.7. The lowest BCUT2D eigenvalue weighted by atomic mass is 10.1. The summed E-state index contributed by atoms with van der Waals surface area (Å²) in [5.41, 5.74) is 6.43. The minimum Gasteiger partial charge on any atom is -0.383 e. The second-order valence-corrected chi connectivity index (χ2v) is 6.22. The van der Waals surface area contributed by atoms with Crippen LogP contribution in [-0.4, -0.2) is 27.7 Å². The second kappa shape index (κ2) is 8.38. The van der Waals surface area contributed by atoms with Gasteiger partial charge in [0.1, 0.15) is 5.82 Å². The average molecular weight is 332 g/mol. The number of rotatable bonds is 7. The van der Waals surface area contributed by atoms with Crippen molar-refractivity contribution in [3.63, 3.8) is 0 Å². The van der Waals surface area contributed by atoms with Gasteiger partial charge in [-0.2, -0.15) is 0 Å². The van der Waals surface area contributed by atoms with E-state index in [-0.39, 0.29) is 29.1 Å². The number of benzene rings is 1. The molecule has 1 amide bonds. The molecule has 1 aromatic carbocycles. The van der Waals surface area contributed by atoms with Gasteiger partial charge in [-0.15, -0.1) is 0 Å². The quantitative estimate of drug-likeness (QED) is 0.528. The summed E-state index contributed by atoms with van der Waals surface area (Å²) in [4.78, 5) is 29.7. The SMILES string of the molecule is C[C@H](CCc1ccccc1)NC(=O)CSc1nc(N)cc(=O)[nH]1. The zero-order chi connectivity index (χ0) is 16.7. The maximum absolute atomic E-state index is 11.9. The summed E-state index contributed by atoms with van der Waals surface area (Å²) in [7, 11) is 0. The first kappa shape index (κ1) is 17.1. The minimum atomic E-state index is -0.323. The van der Waals surface area contributed by atoms with Crippen LogP contribution in [0.5, 0.6) is 0 Å². The number of anilines is 1. The summed E-state index contributed by atoms with van der Waals surface area (Å²) in [5.74, 6) is 0.232. The monoisotopic (exact) mass is 332 g/mol. The molecule has 7 heteroatoms. The number of aromatic amines is 1. The van der Waals surface area contributed by atoms with Gasteiger partial charge in [-0.3, -0.25) is 9.59 Å². The Bertz CT molecular complexity index is 703. The van der Waals surface area contributed by atoms with Crippen LogP contribution in [0, 0.1) is 0 Å². The summed E-state index contributed by atoms with van der Waals surface area (Å²) in [6.07, 6.45) is 1.79. The smallest absolute Gasteiger partial charge is 0.253 e. The number of nitrogens with two attached hydrogens (primary N) is 1. The molecule has 1 atom stereocenters. The molecule has 0 radical (unpaired) electrons. The van der Waals surface area contributed by atoms with Crippen LogP contribution in [0.2, 0.25) is 0 Å². The fraction of sp³-hybridized carbons (Fsp3) is 0.312. The van der Waals surface area contributed by atoms with Gasteiger partial charge in [-0.25, -0.2) is 4.98 Å². The molecule has 2 rings (SSSR count). The van der Waals surface area contributed by atoms with Crippen LogP contribution in [0.25, 0.3) is 0 Å². The van der Waals surface area contributed by atoms with E-state index in [1.807, 2.05) is 25.1 Å². The van der Waals surface area contributed by atoms with Gasteiger partial charge in [-0.1, -0.05) is 42.1 Å². The van der Waals surface area contributed by atoms with Crippen LogP contribution in [0.3, 0.4) is 0 Å². The number of hydrogen-bond donors (Lipinski definition) is 3. The Kier molecular flexibility index (Phi) is 6.22. The molecule has 2 aromatic rings. The van der Waals surface area contributed by atoms with Crippen molar-refractivity contribution < 1.29 is 4.79 Å². The van der Waals surface area contributed by atoms with Gasteiger partial charge < -0.3 is 16.0 Å². The molecular weight excluding hydrogens is 312 g/mol. The van der Waals surface area contributed by atoms with Gasteiger partial charge in [0.2, 0.25) is 5.91 Å². The van der Waals surface area contributed by atoms with Gasteiger partial charge in [-0.05, 0) is 25.3 Å². The molecule has 122 valence electrons. The number of carbonyl (C=O) groups is 1. The van der Waals surface area contributed by atoms with Gasteiger partial charge in [0.15, 0.2) is 5.16 Å². The highest BCUT2D eigenvalue weighted by Gasteiger charge is 2.09. The summed E-state index contributed by atoms with van der Waals surface area (Å²) >= 11 is 1.15. The van der Waals surface area contributed by atoms with Crippen molar-refractivity contribution in [3.05, 3.63) is 52.3 Å². The topological polar surface area (TPSA) is 101 Å². The molecule has 23 heavy (non-hydrogen) atoms. The molecule has 4 N–H and O–H groups in total. The lowest BCUT2D eigenvalue weighted by molar-refractivity contribution is -0.119. The van der Waals surface area contributed by atoms with E-state index in [9.17, 15) is 9.59 Å². The summed E-state index contributed by atoms with van der Waals surface area (Å²) in [6.45, 7) is 1.98. The minimum absolute atomic E-state index is 0.0798. The Labute approximate surface area is 138 Å². The Morgan fingerprint density at radius 2 is 2.13 bits per heavy atom. The molecule has 0 aliphatic heterocycles. The van der Waals surface area contributed by atoms with E-state index in [1.54, 1.807) is 0 Å². The number of H-pyrrole nitrogens is 1. The van der Waals surface area contributed by atoms with Crippen molar-refractivity contribution in [3.8, 4) is 0 Å². The van der Waals surface area contributed by atoms with Crippen LogP contribution < -0.4 is 16.6 Å². The largest absolute Gasteiger partial charge is 0.383 e. The Morgan fingerprint density at radius 3 is 2.83 bits per heavy atom. The number of aromatic nitrogens is 2. The number of nitrogen functional groups attached to an aromatic ring is 1. The van der Waals surface area contributed by atoms with Crippen molar-refractivity contribution >= 4 is 23.5 Å². The Hall–Kier alpha value is -2.28. The molecule has 0 bridgehead atoms. The van der Waals surface area contributed by atoms with E-state index in [0.717, 1.165) is 24.6 Å². The number of amides is 1. The predicted octanol–water partition coefficient (Wildman–Crippen LogP) is 1.58. The van der Waals surface area contributed by atoms with Crippen LogP contribution in [0.4, 0.5) is 5.82 Å². The van der Waals surface area contributed by atoms with Gasteiger partial charge in [0.05, 0.1) is 5.75 Å². The third-order valence-electron chi connectivity index (χ3n) is 3.20. The standard InChI is InChI=1S/C16H20N4O2S/c1-11(7-8-12-5-3-2-4-6-12)18-15(22)10-23-16-19-13(17)9-14(21)20-16/h2-6,9,11H,7-8,10H2,1H3,(H,18,22)(H3,17,19,20,21)/t11-/m1/s1. The van der Waals surface area contributed by atoms with E-state index in [1.165, 1.54) is 11.6 Å². The molecule has 1 heterocycles. The highest BCUT2D eigenvalue weighted by atomic mass is 32.2. The van der Waals surface area contributed by atoms with E-state index < -0.39 is 0 Å². The fourth-order valence-corrected chi connectivity index (χ4v) is 2.77. The van der Waals surface area contributed by atoms with Crippen LogP contribution in [0.1, 0.15) is 18.9 Å². The van der Waals surface area contributed by atoms with Crippen molar-refractivity contribution in [1.29, 1.82) is 0 Å². The second-order valence-electron chi connectivity index (χ2n) is 5.26. The summed E-state index contributed by atoms with van der Waals surface area (Å²) in [5, 5.41) is 3.29. The third kappa shape index (κ3) is 6.15. The maximum Gasteiger partial charge on any atom is 0.253 e. The third-order valence-corrected chi connectivity index (χ3v) is 4.07. The molecule has 0 fully saturated rings. The van der Waals surface area contributed by atoms with Crippen LogP contribution in [-0.2, 0) is 11.2 Å². The van der Waals surface area contributed by atoms with Crippen molar-refractivity contribution in [2.24, 2.45) is 0 Å². The number of nitrogens with zero attached hydrogens (tertiary/aromatic N) is 1. The molecule has 1 aromatic heterocycles. The highest BCUT2D eigenvalue weighted by Crippen LogP contribution is 2.11. The van der Waals surface area contributed by atoms with Gasteiger partial charge in [0, 0.05) is 12.1 Å². The first-order chi connectivity index (χ1) is 11.0. The fourth-order valence-electron chi connectivity index (χ4n) is 2.07. The number of hydrogen-bond acceptors (Lipinski definition) is 5. The Balaban J connectivity index is 1.74. The molecule has 0 aliphatic rings. The predicted molar refractivity (Wildman–Crippen MR) is 92.4 cm³/mol. The van der Waals surface area contributed by atoms with Crippen molar-refractivity contribution in [2.75, 3.05) is 11.5 Å². The van der Waals surface area contributed by atoms with Crippen LogP contribution in [0.15, 0.2) is 46.3 Å². The summed E-state index contributed by atoms with van der Waals surface area (Å²) in [6, 6.07) is 11.4. The molecular formula is C16H20N4O2S. The molecule has 6 nitrogen and oxygen atoms in total. The van der Waals surface area contributed by atoms with E-state index >= 15 is 0 Å². The maximum atomic E-state index is 11.9. The van der Waals surface area contributed by atoms with E-state index in [0.29, 0.717) is 5.16 Å². The Morgan fingerprint density at radius 1 is 1.39 bits per heavy atom. The number of thioether (sulfide) groups is 1. The normalized spacial score (nSPS) is 11.9.